The highest BCUT2D eigenvalue weighted by molar-refractivity contribution is 5.77. The minimum absolute atomic E-state index is 0.104. The van der Waals surface area contributed by atoms with Crippen LogP contribution >= 0.6 is 0 Å². The lowest BCUT2D eigenvalue weighted by Crippen LogP contribution is -2.33. The number of amides is 1. The maximum absolute atomic E-state index is 11.1. The SMILES string of the molecule is CCCCCCCCCCNCC(=O)NCC. The Morgan fingerprint density at radius 1 is 0.882 bits per heavy atom. The van der Waals surface area contributed by atoms with E-state index in [1.54, 1.807) is 0 Å². The van der Waals surface area contributed by atoms with Gasteiger partial charge in [0, 0.05) is 6.54 Å². The van der Waals surface area contributed by atoms with E-state index < -0.39 is 0 Å². The van der Waals surface area contributed by atoms with Gasteiger partial charge in [-0.25, -0.2) is 0 Å². The van der Waals surface area contributed by atoms with Crippen molar-refractivity contribution in [3.63, 3.8) is 0 Å². The molecule has 0 aromatic heterocycles. The third kappa shape index (κ3) is 13.4. The lowest BCUT2D eigenvalue weighted by molar-refractivity contribution is -0.120. The lowest BCUT2D eigenvalue weighted by atomic mass is 10.1. The fraction of sp³-hybridized carbons (Fsp3) is 0.929. The van der Waals surface area contributed by atoms with E-state index in [1.807, 2.05) is 6.92 Å². The van der Waals surface area contributed by atoms with Crippen LogP contribution in [0.5, 0.6) is 0 Å². The molecule has 0 saturated heterocycles. The van der Waals surface area contributed by atoms with E-state index in [-0.39, 0.29) is 5.91 Å². The number of unbranched alkanes of at least 4 members (excludes halogenated alkanes) is 7. The standard InChI is InChI=1S/C14H30N2O/c1-3-5-6-7-8-9-10-11-12-15-13-14(17)16-4-2/h15H,3-13H2,1-2H3,(H,16,17). The number of nitrogens with one attached hydrogen (secondary N) is 2. The normalized spacial score (nSPS) is 10.5. The highest BCUT2D eigenvalue weighted by atomic mass is 16.1. The monoisotopic (exact) mass is 242 g/mol. The first-order chi connectivity index (χ1) is 8.31. The van der Waals surface area contributed by atoms with Gasteiger partial charge < -0.3 is 10.6 Å². The number of carbonyl (C=O) groups excluding carboxylic acids is 1. The number of hydrogen-bond acceptors (Lipinski definition) is 2. The molecule has 0 aromatic carbocycles. The van der Waals surface area contributed by atoms with Crippen LogP contribution in [0, 0.1) is 0 Å². The minimum Gasteiger partial charge on any atom is -0.355 e. The Hall–Kier alpha value is -0.570. The summed E-state index contributed by atoms with van der Waals surface area (Å²) >= 11 is 0. The first kappa shape index (κ1) is 16.4. The van der Waals surface area contributed by atoms with Crippen LogP contribution < -0.4 is 10.6 Å². The molecule has 0 heterocycles. The van der Waals surface area contributed by atoms with Crippen molar-refractivity contribution in [3.05, 3.63) is 0 Å². The Bertz CT molecular complexity index is 172. The molecular weight excluding hydrogens is 212 g/mol. The second kappa shape index (κ2) is 13.5. The molecule has 102 valence electrons. The molecule has 0 aromatic rings. The Morgan fingerprint density at radius 3 is 2.06 bits per heavy atom. The molecule has 0 radical (unpaired) electrons. The summed E-state index contributed by atoms with van der Waals surface area (Å²) in [7, 11) is 0. The van der Waals surface area contributed by atoms with Gasteiger partial charge in [0.05, 0.1) is 6.54 Å². The van der Waals surface area contributed by atoms with Gasteiger partial charge in [0.2, 0.25) is 5.91 Å². The maximum atomic E-state index is 11.1. The van der Waals surface area contributed by atoms with Crippen LogP contribution in [-0.2, 0) is 4.79 Å². The van der Waals surface area contributed by atoms with E-state index in [0.29, 0.717) is 6.54 Å². The van der Waals surface area contributed by atoms with E-state index in [0.717, 1.165) is 13.1 Å². The fourth-order valence-corrected chi connectivity index (χ4v) is 1.85. The molecular formula is C14H30N2O. The maximum Gasteiger partial charge on any atom is 0.233 e. The van der Waals surface area contributed by atoms with Crippen molar-refractivity contribution < 1.29 is 4.79 Å². The zero-order chi connectivity index (χ0) is 12.8. The number of carbonyl (C=O) groups is 1. The third-order valence-corrected chi connectivity index (χ3v) is 2.87. The second-order valence-corrected chi connectivity index (χ2v) is 4.61. The predicted molar refractivity (Wildman–Crippen MR) is 74.2 cm³/mol. The van der Waals surface area contributed by atoms with Crippen LogP contribution in [0.15, 0.2) is 0 Å². The molecule has 3 heteroatoms. The molecule has 0 bridgehead atoms. The second-order valence-electron chi connectivity index (χ2n) is 4.61. The molecule has 0 atom stereocenters. The summed E-state index contributed by atoms with van der Waals surface area (Å²) < 4.78 is 0. The predicted octanol–water partition coefficient (Wildman–Crippen LogP) is 2.85. The minimum atomic E-state index is 0.104. The van der Waals surface area contributed by atoms with Gasteiger partial charge in [-0.1, -0.05) is 51.9 Å². The van der Waals surface area contributed by atoms with Gasteiger partial charge in [-0.15, -0.1) is 0 Å². The molecule has 0 aliphatic rings. The Morgan fingerprint density at radius 2 is 1.47 bits per heavy atom. The van der Waals surface area contributed by atoms with Gasteiger partial charge in [-0.05, 0) is 19.9 Å². The van der Waals surface area contributed by atoms with Crippen molar-refractivity contribution in [2.75, 3.05) is 19.6 Å². The van der Waals surface area contributed by atoms with Crippen LogP contribution in [-0.4, -0.2) is 25.5 Å². The molecule has 3 nitrogen and oxygen atoms in total. The Labute approximate surface area is 107 Å². The van der Waals surface area contributed by atoms with E-state index in [2.05, 4.69) is 17.6 Å². The third-order valence-electron chi connectivity index (χ3n) is 2.87. The quantitative estimate of drug-likeness (QED) is 0.517. The Balaban J connectivity index is 3.01. The summed E-state index contributed by atoms with van der Waals surface area (Å²) in [6.07, 6.45) is 10.7. The van der Waals surface area contributed by atoms with Crippen molar-refractivity contribution in [2.24, 2.45) is 0 Å². The summed E-state index contributed by atoms with van der Waals surface area (Å²) in [6, 6.07) is 0. The molecule has 0 aliphatic carbocycles. The van der Waals surface area contributed by atoms with Crippen LogP contribution in [0.3, 0.4) is 0 Å². The van der Waals surface area contributed by atoms with Gasteiger partial charge in [0.1, 0.15) is 0 Å². The van der Waals surface area contributed by atoms with E-state index >= 15 is 0 Å². The molecule has 0 saturated carbocycles. The average molecular weight is 242 g/mol. The topological polar surface area (TPSA) is 41.1 Å². The first-order valence-electron chi connectivity index (χ1n) is 7.28. The molecule has 0 aliphatic heterocycles. The van der Waals surface area contributed by atoms with Gasteiger partial charge in [0.25, 0.3) is 0 Å². The van der Waals surface area contributed by atoms with Gasteiger partial charge in [0.15, 0.2) is 0 Å². The first-order valence-corrected chi connectivity index (χ1v) is 7.28. The highest BCUT2D eigenvalue weighted by Gasteiger charge is 1.97. The van der Waals surface area contributed by atoms with Crippen LogP contribution in [0.25, 0.3) is 0 Å². The summed E-state index contributed by atoms with van der Waals surface area (Å²) in [5.41, 5.74) is 0. The number of likely N-dealkylation sites (N-methyl/N-ethyl adjacent to an activating group) is 1. The van der Waals surface area contributed by atoms with Crippen molar-refractivity contribution in [1.29, 1.82) is 0 Å². The zero-order valence-electron chi connectivity index (χ0n) is 11.7. The van der Waals surface area contributed by atoms with Crippen molar-refractivity contribution >= 4 is 5.91 Å². The van der Waals surface area contributed by atoms with Gasteiger partial charge >= 0.3 is 0 Å². The van der Waals surface area contributed by atoms with Crippen LogP contribution in [0.2, 0.25) is 0 Å². The van der Waals surface area contributed by atoms with E-state index in [9.17, 15) is 4.79 Å². The zero-order valence-corrected chi connectivity index (χ0v) is 11.7. The number of rotatable bonds is 12. The molecule has 17 heavy (non-hydrogen) atoms. The lowest BCUT2D eigenvalue weighted by Gasteiger charge is -2.05. The Kier molecular flexibility index (Phi) is 13.0. The molecule has 1 amide bonds. The largest absolute Gasteiger partial charge is 0.355 e. The van der Waals surface area contributed by atoms with Gasteiger partial charge in [-0.2, -0.15) is 0 Å². The van der Waals surface area contributed by atoms with E-state index in [4.69, 9.17) is 0 Å². The fourth-order valence-electron chi connectivity index (χ4n) is 1.85. The molecule has 0 fully saturated rings. The summed E-state index contributed by atoms with van der Waals surface area (Å²) in [6.45, 7) is 6.34. The number of hydrogen-bond donors (Lipinski definition) is 2. The van der Waals surface area contributed by atoms with E-state index in [1.165, 1.54) is 51.4 Å². The van der Waals surface area contributed by atoms with Crippen LogP contribution in [0.1, 0.15) is 65.2 Å². The summed E-state index contributed by atoms with van der Waals surface area (Å²) in [4.78, 5) is 11.1. The van der Waals surface area contributed by atoms with Crippen LogP contribution in [0.4, 0.5) is 0 Å². The summed E-state index contributed by atoms with van der Waals surface area (Å²) in [5.74, 6) is 0.104. The van der Waals surface area contributed by atoms with Crippen molar-refractivity contribution in [2.45, 2.75) is 65.2 Å². The molecule has 0 rings (SSSR count). The van der Waals surface area contributed by atoms with Crippen molar-refractivity contribution in [3.8, 4) is 0 Å². The summed E-state index contributed by atoms with van der Waals surface area (Å²) in [5, 5.41) is 5.94. The molecule has 0 spiro atoms. The molecule has 2 N–H and O–H groups in total. The average Bonchev–Trinajstić information content (AvgIpc) is 2.32. The van der Waals surface area contributed by atoms with Gasteiger partial charge in [-0.3, -0.25) is 4.79 Å². The smallest absolute Gasteiger partial charge is 0.233 e. The molecule has 0 unspecified atom stereocenters. The highest BCUT2D eigenvalue weighted by Crippen LogP contribution is 2.07. The van der Waals surface area contributed by atoms with Crippen molar-refractivity contribution in [1.82, 2.24) is 10.6 Å².